The predicted molar refractivity (Wildman–Crippen MR) is 92.5 cm³/mol. The summed E-state index contributed by atoms with van der Waals surface area (Å²) in [6.07, 6.45) is 0.867. The van der Waals surface area contributed by atoms with E-state index in [9.17, 15) is 9.59 Å². The number of carbonyl (C=O) groups excluding carboxylic acids is 2. The number of para-hydroxylation sites is 1. The van der Waals surface area contributed by atoms with Crippen molar-refractivity contribution in [3.05, 3.63) is 29.8 Å². The van der Waals surface area contributed by atoms with Gasteiger partial charge in [0.25, 0.3) is 0 Å². The number of nitrogens with zero attached hydrogens (tertiary/aromatic N) is 1. The topological polar surface area (TPSA) is 61.4 Å². The average molecular weight is 317 g/mol. The minimum Gasteiger partial charge on any atom is -0.338 e. The van der Waals surface area contributed by atoms with Gasteiger partial charge in [-0.15, -0.1) is 0 Å². The molecule has 0 saturated carbocycles. The first-order valence-corrected chi connectivity index (χ1v) is 8.33. The van der Waals surface area contributed by atoms with Crippen LogP contribution in [0.3, 0.4) is 0 Å². The van der Waals surface area contributed by atoms with Crippen molar-refractivity contribution >= 4 is 17.6 Å². The van der Waals surface area contributed by atoms with E-state index in [1.54, 1.807) is 4.90 Å². The first kappa shape index (κ1) is 17.3. The van der Waals surface area contributed by atoms with Crippen molar-refractivity contribution in [3.8, 4) is 0 Å². The van der Waals surface area contributed by atoms with Crippen LogP contribution in [0.4, 0.5) is 10.5 Å². The van der Waals surface area contributed by atoms with Gasteiger partial charge >= 0.3 is 6.03 Å². The number of carbonyl (C=O) groups is 2. The van der Waals surface area contributed by atoms with E-state index in [1.165, 1.54) is 5.56 Å². The van der Waals surface area contributed by atoms with Gasteiger partial charge < -0.3 is 15.5 Å². The summed E-state index contributed by atoms with van der Waals surface area (Å²) >= 11 is 0. The highest BCUT2D eigenvalue weighted by Gasteiger charge is 2.32. The van der Waals surface area contributed by atoms with Gasteiger partial charge in [0.05, 0.1) is 0 Å². The van der Waals surface area contributed by atoms with Crippen LogP contribution in [0.15, 0.2) is 24.3 Å². The van der Waals surface area contributed by atoms with Crippen molar-refractivity contribution in [2.24, 2.45) is 11.8 Å². The average Bonchev–Trinajstić information content (AvgIpc) is 2.93. The number of amides is 3. The Balaban J connectivity index is 2.06. The normalized spacial score (nSPS) is 14.8. The van der Waals surface area contributed by atoms with Crippen LogP contribution < -0.4 is 15.5 Å². The smallest absolute Gasteiger partial charge is 0.315 e. The van der Waals surface area contributed by atoms with E-state index in [0.717, 1.165) is 12.1 Å². The highest BCUT2D eigenvalue weighted by atomic mass is 16.2. The van der Waals surface area contributed by atoms with E-state index in [1.807, 2.05) is 45.9 Å². The molecule has 1 atom stereocenters. The lowest BCUT2D eigenvalue weighted by atomic mass is 10.0. The van der Waals surface area contributed by atoms with E-state index in [2.05, 4.69) is 16.7 Å². The van der Waals surface area contributed by atoms with Crippen LogP contribution >= 0.6 is 0 Å². The van der Waals surface area contributed by atoms with Gasteiger partial charge in [-0.1, -0.05) is 45.9 Å². The van der Waals surface area contributed by atoms with E-state index >= 15 is 0 Å². The van der Waals surface area contributed by atoms with Crippen molar-refractivity contribution in [1.29, 1.82) is 0 Å². The monoisotopic (exact) mass is 317 g/mol. The summed E-state index contributed by atoms with van der Waals surface area (Å²) in [5.74, 6) is 0.365. The van der Waals surface area contributed by atoms with Gasteiger partial charge in [0.15, 0.2) is 0 Å². The molecule has 0 aromatic heterocycles. The summed E-state index contributed by atoms with van der Waals surface area (Å²) in [7, 11) is 0. The second kappa shape index (κ2) is 7.49. The fourth-order valence-corrected chi connectivity index (χ4v) is 2.74. The largest absolute Gasteiger partial charge is 0.338 e. The van der Waals surface area contributed by atoms with Crippen molar-refractivity contribution in [3.63, 3.8) is 0 Å². The molecule has 23 heavy (non-hydrogen) atoms. The Morgan fingerprint density at radius 2 is 1.87 bits per heavy atom. The van der Waals surface area contributed by atoms with Gasteiger partial charge in [-0.05, 0) is 29.9 Å². The molecule has 5 nitrogen and oxygen atoms in total. The lowest BCUT2D eigenvalue weighted by Gasteiger charge is -2.27. The van der Waals surface area contributed by atoms with Gasteiger partial charge in [-0.25, -0.2) is 4.79 Å². The standard InChI is InChI=1S/C18H27N3O2/c1-12(2)11-19-18(23)20-16(13(3)4)17(22)21-10-9-14-7-5-6-8-15(14)21/h5-8,12-13,16H,9-11H2,1-4H3,(H2,19,20,23)/t16-/m0/s1. The summed E-state index contributed by atoms with van der Waals surface area (Å²) in [6.45, 7) is 9.24. The number of fused-ring (bicyclic) bond motifs is 1. The van der Waals surface area contributed by atoms with Crippen molar-refractivity contribution in [2.45, 2.75) is 40.2 Å². The second-order valence-corrected chi connectivity index (χ2v) is 6.84. The Kier molecular flexibility index (Phi) is 5.64. The summed E-state index contributed by atoms with van der Waals surface area (Å²) in [5, 5.41) is 5.65. The Morgan fingerprint density at radius 3 is 2.52 bits per heavy atom. The third kappa shape index (κ3) is 4.24. The van der Waals surface area contributed by atoms with Crippen molar-refractivity contribution in [2.75, 3.05) is 18.0 Å². The van der Waals surface area contributed by atoms with Gasteiger partial charge in [0.1, 0.15) is 6.04 Å². The van der Waals surface area contributed by atoms with E-state index in [0.29, 0.717) is 19.0 Å². The fourth-order valence-electron chi connectivity index (χ4n) is 2.74. The number of hydrogen-bond donors (Lipinski definition) is 2. The minimum atomic E-state index is -0.520. The molecule has 0 fully saturated rings. The summed E-state index contributed by atoms with van der Waals surface area (Å²) < 4.78 is 0. The van der Waals surface area contributed by atoms with Crippen LogP contribution in [0.5, 0.6) is 0 Å². The molecule has 1 aliphatic rings. The molecular formula is C18H27N3O2. The molecule has 0 unspecified atom stereocenters. The first-order valence-electron chi connectivity index (χ1n) is 8.33. The molecule has 0 saturated heterocycles. The highest BCUT2D eigenvalue weighted by molar-refractivity contribution is 6.00. The molecule has 1 heterocycles. The number of benzene rings is 1. The Labute approximate surface area is 138 Å². The molecule has 1 aromatic carbocycles. The van der Waals surface area contributed by atoms with Crippen LogP contribution in [-0.2, 0) is 11.2 Å². The van der Waals surface area contributed by atoms with Crippen LogP contribution in [0, 0.1) is 11.8 Å². The Bertz CT molecular complexity index is 569. The molecule has 2 rings (SSSR count). The quantitative estimate of drug-likeness (QED) is 0.877. The third-order valence-electron chi connectivity index (χ3n) is 4.04. The molecule has 3 amide bonds. The molecule has 1 aliphatic heterocycles. The fraction of sp³-hybridized carbons (Fsp3) is 0.556. The number of hydrogen-bond acceptors (Lipinski definition) is 2. The van der Waals surface area contributed by atoms with Gasteiger partial charge in [0, 0.05) is 18.8 Å². The number of urea groups is 1. The number of anilines is 1. The summed E-state index contributed by atoms with van der Waals surface area (Å²) in [6, 6.07) is 7.15. The minimum absolute atomic E-state index is 0.0278. The molecule has 0 bridgehead atoms. The van der Waals surface area contributed by atoms with E-state index < -0.39 is 6.04 Å². The zero-order valence-corrected chi connectivity index (χ0v) is 14.4. The maximum absolute atomic E-state index is 12.9. The SMILES string of the molecule is CC(C)CNC(=O)N[C@H](C(=O)N1CCc2ccccc21)C(C)C. The Morgan fingerprint density at radius 1 is 1.17 bits per heavy atom. The highest BCUT2D eigenvalue weighted by Crippen LogP contribution is 2.28. The van der Waals surface area contributed by atoms with Crippen molar-refractivity contribution in [1.82, 2.24) is 10.6 Å². The van der Waals surface area contributed by atoms with Gasteiger partial charge in [-0.2, -0.15) is 0 Å². The lowest BCUT2D eigenvalue weighted by Crippen LogP contribution is -2.53. The third-order valence-corrected chi connectivity index (χ3v) is 4.04. The molecule has 126 valence electrons. The van der Waals surface area contributed by atoms with Crippen molar-refractivity contribution < 1.29 is 9.59 Å². The van der Waals surface area contributed by atoms with E-state index in [-0.39, 0.29) is 17.9 Å². The van der Waals surface area contributed by atoms with Crippen LogP contribution in [-0.4, -0.2) is 31.1 Å². The lowest BCUT2D eigenvalue weighted by molar-refractivity contribution is -0.121. The van der Waals surface area contributed by atoms with Crippen LogP contribution in [0.2, 0.25) is 0 Å². The molecule has 2 N–H and O–H groups in total. The summed E-state index contributed by atoms with van der Waals surface area (Å²) in [5.41, 5.74) is 2.15. The van der Waals surface area contributed by atoms with Gasteiger partial charge in [0.2, 0.25) is 5.91 Å². The zero-order chi connectivity index (χ0) is 17.0. The molecule has 5 heteroatoms. The molecule has 0 radical (unpaired) electrons. The first-order chi connectivity index (χ1) is 10.9. The van der Waals surface area contributed by atoms with Gasteiger partial charge in [-0.3, -0.25) is 4.79 Å². The second-order valence-electron chi connectivity index (χ2n) is 6.84. The number of nitrogens with one attached hydrogen (secondary N) is 2. The summed E-state index contributed by atoms with van der Waals surface area (Å²) in [4.78, 5) is 26.7. The number of rotatable bonds is 5. The van der Waals surface area contributed by atoms with E-state index in [4.69, 9.17) is 0 Å². The molecular weight excluding hydrogens is 290 g/mol. The predicted octanol–water partition coefficient (Wildman–Crippen LogP) is 2.56. The maximum Gasteiger partial charge on any atom is 0.315 e. The maximum atomic E-state index is 12.9. The molecule has 0 spiro atoms. The van der Waals surface area contributed by atoms with Crippen LogP contribution in [0.25, 0.3) is 0 Å². The Hall–Kier alpha value is -2.04. The zero-order valence-electron chi connectivity index (χ0n) is 14.4. The molecule has 0 aliphatic carbocycles. The molecule has 1 aromatic rings. The van der Waals surface area contributed by atoms with Crippen LogP contribution in [0.1, 0.15) is 33.3 Å².